The van der Waals surface area contributed by atoms with Gasteiger partial charge in [0.05, 0.1) is 10.6 Å². The van der Waals surface area contributed by atoms with Crippen molar-refractivity contribution in [2.45, 2.75) is 35.7 Å². The van der Waals surface area contributed by atoms with Crippen molar-refractivity contribution in [2.75, 3.05) is 5.75 Å². The largest absolute Gasteiger partial charge is 0.287 e. The second kappa shape index (κ2) is 6.65. The minimum absolute atomic E-state index is 0.130. The fourth-order valence-electron chi connectivity index (χ4n) is 3.07. The molecule has 4 rings (SSSR count). The summed E-state index contributed by atoms with van der Waals surface area (Å²) in [6, 6.07) is 14.8. The van der Waals surface area contributed by atoms with Gasteiger partial charge in [0.25, 0.3) is 5.56 Å². The molecular weight excluding hydrogens is 336 g/mol. The van der Waals surface area contributed by atoms with Gasteiger partial charge in [0.1, 0.15) is 0 Å². The normalized spacial score (nSPS) is 13.4. The van der Waals surface area contributed by atoms with Crippen molar-refractivity contribution in [1.82, 2.24) is 9.55 Å². The van der Waals surface area contributed by atoms with E-state index in [1.807, 2.05) is 11.5 Å². The predicted octanol–water partition coefficient (Wildman–Crippen LogP) is 4.36. The zero-order valence-corrected chi connectivity index (χ0v) is 15.1. The monoisotopic (exact) mass is 354 g/mol. The Morgan fingerprint density at radius 1 is 1.21 bits per heavy atom. The maximum absolute atomic E-state index is 12.6. The number of benzene rings is 2. The van der Waals surface area contributed by atoms with E-state index in [4.69, 9.17) is 4.98 Å². The Hall–Kier alpha value is -1.72. The van der Waals surface area contributed by atoms with E-state index in [0.717, 1.165) is 33.7 Å². The summed E-state index contributed by atoms with van der Waals surface area (Å²) in [5.74, 6) is 1.79. The Morgan fingerprint density at radius 2 is 2.04 bits per heavy atom. The van der Waals surface area contributed by atoms with Crippen LogP contribution in [-0.2, 0) is 18.7 Å². The molecule has 0 spiro atoms. The van der Waals surface area contributed by atoms with E-state index in [0.29, 0.717) is 6.54 Å². The second-order valence-corrected chi connectivity index (χ2v) is 7.79. The minimum Gasteiger partial charge on any atom is -0.287 e. The molecule has 2 aromatic carbocycles. The van der Waals surface area contributed by atoms with Crippen molar-refractivity contribution in [3.05, 3.63) is 64.1 Å². The number of fused-ring (bicyclic) bond motifs is 2. The van der Waals surface area contributed by atoms with Crippen LogP contribution >= 0.6 is 23.5 Å². The Morgan fingerprint density at radius 3 is 2.92 bits per heavy atom. The van der Waals surface area contributed by atoms with Gasteiger partial charge in [-0.1, -0.05) is 54.2 Å². The molecular formula is C19H18N2OS2. The SMILES string of the molecule is CCn1c(SCc2cccc3ccccc23)nc2c(c1=O)SCC2. The lowest BCUT2D eigenvalue weighted by atomic mass is 10.1. The van der Waals surface area contributed by atoms with Crippen LogP contribution in [0.1, 0.15) is 18.2 Å². The highest BCUT2D eigenvalue weighted by molar-refractivity contribution is 7.99. The van der Waals surface area contributed by atoms with Crippen LogP contribution in [0.25, 0.3) is 10.8 Å². The first-order valence-corrected chi connectivity index (χ1v) is 10.1. The predicted molar refractivity (Wildman–Crippen MR) is 102 cm³/mol. The van der Waals surface area contributed by atoms with E-state index in [1.165, 1.54) is 16.3 Å². The first-order valence-electron chi connectivity index (χ1n) is 8.14. The van der Waals surface area contributed by atoms with Gasteiger partial charge in [-0.05, 0) is 23.3 Å². The number of thioether (sulfide) groups is 2. The Kier molecular flexibility index (Phi) is 4.37. The van der Waals surface area contributed by atoms with E-state index in [2.05, 4.69) is 42.5 Å². The molecule has 0 bridgehead atoms. The summed E-state index contributed by atoms with van der Waals surface area (Å²) in [5.41, 5.74) is 2.39. The highest BCUT2D eigenvalue weighted by atomic mass is 32.2. The van der Waals surface area contributed by atoms with Gasteiger partial charge >= 0.3 is 0 Å². The molecule has 0 fully saturated rings. The molecule has 0 atom stereocenters. The molecule has 0 radical (unpaired) electrons. The zero-order chi connectivity index (χ0) is 16.5. The van der Waals surface area contributed by atoms with Gasteiger partial charge in [-0.25, -0.2) is 4.98 Å². The summed E-state index contributed by atoms with van der Waals surface area (Å²) in [6.45, 7) is 2.68. The second-order valence-electron chi connectivity index (χ2n) is 5.75. The molecule has 1 aromatic heterocycles. The van der Waals surface area contributed by atoms with Gasteiger partial charge in [0.15, 0.2) is 5.16 Å². The summed E-state index contributed by atoms with van der Waals surface area (Å²) < 4.78 is 1.81. The third-order valence-corrected chi connectivity index (χ3v) is 6.43. The maximum Gasteiger partial charge on any atom is 0.268 e. The van der Waals surface area contributed by atoms with Crippen molar-refractivity contribution in [3.63, 3.8) is 0 Å². The number of hydrogen-bond donors (Lipinski definition) is 0. The molecule has 24 heavy (non-hydrogen) atoms. The number of hydrogen-bond acceptors (Lipinski definition) is 4. The average molecular weight is 355 g/mol. The van der Waals surface area contributed by atoms with Gasteiger partial charge in [0, 0.05) is 24.5 Å². The molecule has 0 unspecified atom stereocenters. The van der Waals surface area contributed by atoms with Gasteiger partial charge in [-0.15, -0.1) is 11.8 Å². The number of nitrogens with zero attached hydrogens (tertiary/aromatic N) is 2. The molecule has 0 aliphatic carbocycles. The van der Waals surface area contributed by atoms with Crippen LogP contribution in [0.5, 0.6) is 0 Å². The quantitative estimate of drug-likeness (QED) is 0.515. The number of aryl methyl sites for hydroxylation is 1. The van der Waals surface area contributed by atoms with Gasteiger partial charge < -0.3 is 0 Å². The van der Waals surface area contributed by atoms with E-state index in [1.54, 1.807) is 23.5 Å². The molecule has 3 aromatic rings. The lowest BCUT2D eigenvalue weighted by Crippen LogP contribution is -2.24. The Bertz CT molecular complexity index is 960. The van der Waals surface area contributed by atoms with E-state index in [-0.39, 0.29) is 5.56 Å². The average Bonchev–Trinajstić information content (AvgIpc) is 3.09. The van der Waals surface area contributed by atoms with Crippen molar-refractivity contribution in [2.24, 2.45) is 0 Å². The zero-order valence-electron chi connectivity index (χ0n) is 13.5. The van der Waals surface area contributed by atoms with Gasteiger partial charge in [0.2, 0.25) is 0 Å². The van der Waals surface area contributed by atoms with Crippen LogP contribution in [0.2, 0.25) is 0 Å². The summed E-state index contributed by atoms with van der Waals surface area (Å²) in [5, 5.41) is 3.37. The molecule has 0 saturated carbocycles. The van der Waals surface area contributed by atoms with Gasteiger partial charge in [-0.2, -0.15) is 0 Å². The summed E-state index contributed by atoms with van der Waals surface area (Å²) in [7, 11) is 0. The summed E-state index contributed by atoms with van der Waals surface area (Å²) in [6.07, 6.45) is 0.904. The van der Waals surface area contributed by atoms with E-state index < -0.39 is 0 Å². The van der Waals surface area contributed by atoms with Crippen LogP contribution < -0.4 is 5.56 Å². The maximum atomic E-state index is 12.6. The fraction of sp³-hybridized carbons (Fsp3) is 0.263. The smallest absolute Gasteiger partial charge is 0.268 e. The minimum atomic E-state index is 0.130. The molecule has 122 valence electrons. The van der Waals surface area contributed by atoms with Crippen LogP contribution in [0.3, 0.4) is 0 Å². The highest BCUT2D eigenvalue weighted by Gasteiger charge is 2.21. The number of rotatable bonds is 4. The summed E-state index contributed by atoms with van der Waals surface area (Å²) >= 11 is 3.31. The molecule has 0 N–H and O–H groups in total. The number of aromatic nitrogens is 2. The first kappa shape index (κ1) is 15.8. The third-order valence-electron chi connectivity index (χ3n) is 4.30. The topological polar surface area (TPSA) is 34.9 Å². The molecule has 3 nitrogen and oxygen atoms in total. The van der Waals surface area contributed by atoms with Crippen molar-refractivity contribution in [3.8, 4) is 0 Å². The molecule has 1 aliphatic heterocycles. The Balaban J connectivity index is 1.69. The van der Waals surface area contributed by atoms with E-state index >= 15 is 0 Å². The molecule has 5 heteroatoms. The highest BCUT2D eigenvalue weighted by Crippen LogP contribution is 2.30. The Labute approximate surface area is 149 Å². The van der Waals surface area contributed by atoms with Crippen molar-refractivity contribution in [1.29, 1.82) is 0 Å². The third kappa shape index (κ3) is 2.76. The molecule has 0 saturated heterocycles. The van der Waals surface area contributed by atoms with Crippen LogP contribution in [0.15, 0.2) is 57.3 Å². The fourth-order valence-corrected chi connectivity index (χ4v) is 5.20. The van der Waals surface area contributed by atoms with Gasteiger partial charge in [-0.3, -0.25) is 9.36 Å². The van der Waals surface area contributed by atoms with Crippen molar-refractivity contribution >= 4 is 34.3 Å². The lowest BCUT2D eigenvalue weighted by Gasteiger charge is -2.12. The summed E-state index contributed by atoms with van der Waals surface area (Å²) in [4.78, 5) is 18.3. The molecule has 0 amide bonds. The standard InChI is InChI=1S/C19H18N2OS2/c1-2-21-18(22)17-16(10-11-23-17)20-19(21)24-12-14-8-5-7-13-6-3-4-9-15(13)14/h3-9H,2,10-12H2,1H3. The molecule has 1 aliphatic rings. The van der Waals surface area contributed by atoms with Crippen molar-refractivity contribution < 1.29 is 0 Å². The van der Waals surface area contributed by atoms with E-state index in [9.17, 15) is 4.79 Å². The van der Waals surface area contributed by atoms with Crippen LogP contribution in [0, 0.1) is 0 Å². The van der Waals surface area contributed by atoms with Crippen LogP contribution in [0.4, 0.5) is 0 Å². The first-order chi connectivity index (χ1) is 11.8. The molecule has 2 heterocycles. The lowest BCUT2D eigenvalue weighted by molar-refractivity contribution is 0.597. The van der Waals surface area contributed by atoms with Crippen LogP contribution in [-0.4, -0.2) is 15.3 Å².